The summed E-state index contributed by atoms with van der Waals surface area (Å²) < 4.78 is 67.9. The van der Waals surface area contributed by atoms with Crippen LogP contribution in [0.1, 0.15) is 12.5 Å². The number of nitrogens with two attached hydrogens (primary N) is 1. The molecule has 0 bridgehead atoms. The zero-order valence-corrected chi connectivity index (χ0v) is 13.5. The number of rotatable bonds is 3. The van der Waals surface area contributed by atoms with E-state index in [9.17, 15) is 21.6 Å². The fourth-order valence-corrected chi connectivity index (χ4v) is 3.11. The highest BCUT2D eigenvalue weighted by Gasteiger charge is 2.32. The summed E-state index contributed by atoms with van der Waals surface area (Å²) in [6.45, 7) is 1.44. The predicted molar refractivity (Wildman–Crippen MR) is 82.2 cm³/mol. The van der Waals surface area contributed by atoms with Crippen molar-refractivity contribution < 1.29 is 26.0 Å². The first kappa shape index (κ1) is 17.1. The van der Waals surface area contributed by atoms with Gasteiger partial charge in [-0.15, -0.1) is 0 Å². The molecule has 0 aromatic carbocycles. The number of sulfone groups is 1. The molecule has 11 heteroatoms. The summed E-state index contributed by atoms with van der Waals surface area (Å²) >= 11 is 0. The molecule has 3 aromatic rings. The van der Waals surface area contributed by atoms with E-state index in [-0.39, 0.29) is 39.3 Å². The number of pyridine rings is 2. The molecule has 7 nitrogen and oxygen atoms in total. The molecule has 0 spiro atoms. The molecule has 0 aliphatic rings. The minimum Gasteiger partial charge on any atom is -0.416 e. The number of halogens is 3. The van der Waals surface area contributed by atoms with Crippen molar-refractivity contribution in [3.63, 3.8) is 0 Å². The summed E-state index contributed by atoms with van der Waals surface area (Å²) in [7, 11) is -3.68. The number of anilines is 1. The number of hydrogen-bond acceptors (Lipinski definition) is 7. The molecule has 25 heavy (non-hydrogen) atoms. The molecule has 0 saturated carbocycles. The molecule has 0 unspecified atom stereocenters. The summed E-state index contributed by atoms with van der Waals surface area (Å²) in [6.07, 6.45) is -3.99. The van der Waals surface area contributed by atoms with Gasteiger partial charge in [-0.25, -0.2) is 23.4 Å². The summed E-state index contributed by atoms with van der Waals surface area (Å²) in [6, 6.07) is 3.31. The quantitative estimate of drug-likeness (QED) is 0.752. The van der Waals surface area contributed by atoms with E-state index in [1.54, 1.807) is 0 Å². The fraction of sp³-hybridized carbons (Fsp3) is 0.214. The first-order chi connectivity index (χ1) is 11.6. The Balaban J connectivity index is 2.22. The number of aromatic nitrogens is 3. The van der Waals surface area contributed by atoms with Gasteiger partial charge in [-0.2, -0.15) is 13.2 Å². The van der Waals surface area contributed by atoms with E-state index in [4.69, 9.17) is 10.2 Å². The van der Waals surface area contributed by atoms with Crippen LogP contribution < -0.4 is 5.73 Å². The molecule has 0 amide bonds. The predicted octanol–water partition coefficient (Wildman–Crippen LogP) is 2.68. The average molecular weight is 372 g/mol. The third-order valence-electron chi connectivity index (χ3n) is 3.37. The van der Waals surface area contributed by atoms with E-state index in [1.807, 2.05) is 0 Å². The molecule has 3 heterocycles. The monoisotopic (exact) mass is 372 g/mol. The van der Waals surface area contributed by atoms with E-state index in [1.165, 1.54) is 19.1 Å². The highest BCUT2D eigenvalue weighted by atomic mass is 32.2. The topological polar surface area (TPSA) is 112 Å². The van der Waals surface area contributed by atoms with Gasteiger partial charge in [0.15, 0.2) is 9.84 Å². The van der Waals surface area contributed by atoms with Gasteiger partial charge < -0.3 is 10.2 Å². The van der Waals surface area contributed by atoms with Crippen molar-refractivity contribution in [3.05, 3.63) is 30.0 Å². The molecule has 2 N–H and O–H groups in total. The number of oxazole rings is 1. The number of hydrogen-bond donors (Lipinski definition) is 1. The van der Waals surface area contributed by atoms with E-state index in [0.29, 0.717) is 6.20 Å². The third-order valence-corrected chi connectivity index (χ3v) is 5.13. The Bertz CT molecular complexity index is 1060. The smallest absolute Gasteiger partial charge is 0.416 e. The van der Waals surface area contributed by atoms with Crippen LogP contribution in [0, 0.1) is 0 Å². The van der Waals surface area contributed by atoms with Crippen LogP contribution in [0.3, 0.4) is 0 Å². The molecule has 132 valence electrons. The van der Waals surface area contributed by atoms with E-state index < -0.39 is 21.6 Å². The molecular weight excluding hydrogens is 361 g/mol. The van der Waals surface area contributed by atoms with Crippen molar-refractivity contribution in [3.8, 4) is 11.6 Å². The van der Waals surface area contributed by atoms with Crippen LogP contribution in [0.15, 0.2) is 33.7 Å². The normalized spacial score (nSPS) is 12.6. The second-order valence-corrected chi connectivity index (χ2v) is 7.30. The van der Waals surface area contributed by atoms with Crippen LogP contribution in [-0.2, 0) is 16.0 Å². The summed E-state index contributed by atoms with van der Waals surface area (Å²) in [4.78, 5) is 11.2. The largest absolute Gasteiger partial charge is 0.417 e. The lowest BCUT2D eigenvalue weighted by Gasteiger charge is -2.06. The third kappa shape index (κ3) is 3.14. The Morgan fingerprint density at radius 1 is 1.24 bits per heavy atom. The zero-order valence-electron chi connectivity index (χ0n) is 12.7. The number of alkyl halides is 3. The van der Waals surface area contributed by atoms with Gasteiger partial charge in [-0.1, -0.05) is 6.92 Å². The minimum absolute atomic E-state index is 0.0104. The maximum Gasteiger partial charge on any atom is 0.417 e. The van der Waals surface area contributed by atoms with Gasteiger partial charge in [0.25, 0.3) is 0 Å². The first-order valence-electron chi connectivity index (χ1n) is 6.95. The molecule has 0 saturated heterocycles. The van der Waals surface area contributed by atoms with Crippen molar-refractivity contribution in [1.82, 2.24) is 15.0 Å². The summed E-state index contributed by atoms with van der Waals surface area (Å²) in [5.74, 6) is -0.472. The van der Waals surface area contributed by atoms with Crippen molar-refractivity contribution in [2.24, 2.45) is 0 Å². The average Bonchev–Trinajstić information content (AvgIpc) is 2.96. The fourth-order valence-electron chi connectivity index (χ4n) is 2.10. The number of fused-ring (bicyclic) bond motifs is 1. The Morgan fingerprint density at radius 3 is 2.60 bits per heavy atom. The maximum absolute atomic E-state index is 12.8. The number of nitrogens with zero attached hydrogens (tertiary/aromatic N) is 3. The molecule has 0 radical (unpaired) electrons. The van der Waals surface area contributed by atoms with E-state index in [0.717, 1.165) is 6.07 Å². The summed E-state index contributed by atoms with van der Waals surface area (Å²) in [5.41, 5.74) is 4.07. The molecule has 0 aliphatic carbocycles. The lowest BCUT2D eigenvalue weighted by molar-refractivity contribution is -0.137. The molecule has 3 rings (SSSR count). The Kier molecular flexibility index (Phi) is 3.90. The van der Waals surface area contributed by atoms with Gasteiger partial charge in [0, 0.05) is 6.20 Å². The highest BCUT2D eigenvalue weighted by Crippen LogP contribution is 2.33. The Labute approximate surface area is 139 Å². The Hall–Kier alpha value is -2.69. The second kappa shape index (κ2) is 5.69. The lowest BCUT2D eigenvalue weighted by atomic mass is 10.2. The van der Waals surface area contributed by atoms with E-state index >= 15 is 0 Å². The van der Waals surface area contributed by atoms with Gasteiger partial charge in [0.1, 0.15) is 17.0 Å². The van der Waals surface area contributed by atoms with Gasteiger partial charge in [0.05, 0.1) is 16.2 Å². The molecule has 3 aromatic heterocycles. The minimum atomic E-state index is -4.59. The molecular formula is C14H11F3N4O3S. The highest BCUT2D eigenvalue weighted by molar-refractivity contribution is 7.91. The summed E-state index contributed by atoms with van der Waals surface area (Å²) in [5, 5.41) is 0. The second-order valence-electron chi connectivity index (χ2n) is 5.05. The van der Waals surface area contributed by atoms with Crippen LogP contribution >= 0.6 is 0 Å². The number of nitrogen functional groups attached to an aromatic ring is 1. The zero-order chi connectivity index (χ0) is 18.4. The van der Waals surface area contributed by atoms with Crippen LogP contribution in [0.4, 0.5) is 19.0 Å². The standard InChI is InChI=1S/C14H11F3N4O3S/c1-2-25(22,23)9-3-4-10(18)21-11(9)13-20-8-5-7(14(15,16)17)6-19-12(8)24-13/h3-6H,2H2,1H3,(H2,18,21). The van der Waals surface area contributed by atoms with Crippen molar-refractivity contribution in [1.29, 1.82) is 0 Å². The molecule has 0 atom stereocenters. The van der Waals surface area contributed by atoms with Gasteiger partial charge in [-0.05, 0) is 18.2 Å². The Morgan fingerprint density at radius 2 is 1.96 bits per heavy atom. The van der Waals surface area contributed by atoms with Crippen LogP contribution in [0.5, 0.6) is 0 Å². The van der Waals surface area contributed by atoms with Crippen LogP contribution in [0.25, 0.3) is 22.8 Å². The van der Waals surface area contributed by atoms with E-state index in [2.05, 4.69) is 15.0 Å². The first-order valence-corrected chi connectivity index (χ1v) is 8.60. The van der Waals surface area contributed by atoms with Crippen molar-refractivity contribution in [2.45, 2.75) is 18.0 Å². The lowest BCUT2D eigenvalue weighted by Crippen LogP contribution is -2.08. The van der Waals surface area contributed by atoms with Gasteiger partial charge in [-0.3, -0.25) is 0 Å². The van der Waals surface area contributed by atoms with Crippen molar-refractivity contribution >= 4 is 26.9 Å². The van der Waals surface area contributed by atoms with Gasteiger partial charge in [0.2, 0.25) is 11.6 Å². The van der Waals surface area contributed by atoms with Gasteiger partial charge >= 0.3 is 6.18 Å². The van der Waals surface area contributed by atoms with Crippen molar-refractivity contribution in [2.75, 3.05) is 11.5 Å². The molecule has 0 fully saturated rings. The SMILES string of the molecule is CCS(=O)(=O)c1ccc(N)nc1-c1nc2cc(C(F)(F)F)cnc2o1. The van der Waals surface area contributed by atoms with Crippen LogP contribution in [-0.4, -0.2) is 29.1 Å². The maximum atomic E-state index is 12.8. The molecule has 0 aliphatic heterocycles. The van der Waals surface area contributed by atoms with Crippen LogP contribution in [0.2, 0.25) is 0 Å².